The van der Waals surface area contributed by atoms with Crippen LogP contribution in [0.25, 0.3) is 0 Å². The lowest BCUT2D eigenvalue weighted by molar-refractivity contribution is 0.126. The molecule has 0 heterocycles. The number of ether oxygens (including phenoxy) is 2. The number of benzene rings is 2. The maximum atomic E-state index is 5.92. The molecule has 0 saturated carbocycles. The lowest BCUT2D eigenvalue weighted by Crippen LogP contribution is -2.14. The second-order valence-electron chi connectivity index (χ2n) is 10.9. The van der Waals surface area contributed by atoms with Gasteiger partial charge in [-0.3, -0.25) is 0 Å². The summed E-state index contributed by atoms with van der Waals surface area (Å²) in [7, 11) is 3.79. The lowest BCUT2D eigenvalue weighted by Gasteiger charge is -2.25. The van der Waals surface area contributed by atoms with Gasteiger partial charge < -0.3 is 9.47 Å². The van der Waals surface area contributed by atoms with Gasteiger partial charge in [0.25, 0.3) is 0 Å². The van der Waals surface area contributed by atoms with Crippen LogP contribution in [0.2, 0.25) is 0 Å². The lowest BCUT2D eigenvalue weighted by atomic mass is 9.84. The molecule has 0 aliphatic carbocycles. The molecule has 2 aromatic carbocycles. The highest BCUT2D eigenvalue weighted by Gasteiger charge is 2.22. The largest absolute Gasteiger partial charge is 0.377 e. The maximum Gasteiger partial charge on any atom is 0.0728 e. The van der Waals surface area contributed by atoms with Crippen LogP contribution in [0.5, 0.6) is 0 Å². The van der Waals surface area contributed by atoms with Crippen LogP contribution in [0, 0.1) is 0 Å². The van der Waals surface area contributed by atoms with Gasteiger partial charge in [0.1, 0.15) is 0 Å². The molecule has 0 spiro atoms. The first-order chi connectivity index (χ1) is 16.0. The zero-order valence-corrected chi connectivity index (χ0v) is 24.8. The van der Waals surface area contributed by atoms with Crippen LogP contribution in [0.4, 0.5) is 0 Å². The van der Waals surface area contributed by atoms with Gasteiger partial charge in [0, 0.05) is 23.0 Å². The SMILES string of the molecule is CCOCc1cc(C(C)(C)C)cc(COCC)c1SSc1c(CC)cc(C(C)(C)C)cc1CC. The molecule has 34 heavy (non-hydrogen) atoms. The summed E-state index contributed by atoms with van der Waals surface area (Å²) < 4.78 is 11.8. The third-order valence-corrected chi connectivity index (χ3v) is 8.83. The van der Waals surface area contributed by atoms with Crippen molar-refractivity contribution in [2.24, 2.45) is 0 Å². The van der Waals surface area contributed by atoms with E-state index in [1.807, 2.05) is 21.6 Å². The standard InChI is InChI=1S/C30H46O2S2/c1-11-21-15-25(29(5,6)7)16-22(12-2)27(21)33-34-28-23(19-31-13-3)17-26(30(8,9)10)18-24(28)20-32-14-4/h15-18H,11-14,19-20H2,1-10H3. The van der Waals surface area contributed by atoms with Crippen LogP contribution in [0.1, 0.15) is 103 Å². The average Bonchev–Trinajstić information content (AvgIpc) is 2.78. The van der Waals surface area contributed by atoms with Crippen molar-refractivity contribution in [1.82, 2.24) is 0 Å². The minimum atomic E-state index is 0.0752. The van der Waals surface area contributed by atoms with E-state index in [0.29, 0.717) is 26.4 Å². The Morgan fingerprint density at radius 1 is 0.559 bits per heavy atom. The Bertz CT molecular complexity index is 882. The van der Waals surface area contributed by atoms with E-state index in [-0.39, 0.29) is 10.8 Å². The van der Waals surface area contributed by atoms with Gasteiger partial charge in [-0.05, 0) is 70.9 Å². The zero-order chi connectivity index (χ0) is 25.5. The maximum absolute atomic E-state index is 5.92. The summed E-state index contributed by atoms with van der Waals surface area (Å²) in [6.45, 7) is 25.1. The average molecular weight is 503 g/mol. The van der Waals surface area contributed by atoms with Crippen LogP contribution in [-0.4, -0.2) is 13.2 Å². The van der Waals surface area contributed by atoms with Crippen LogP contribution in [-0.2, 0) is 46.4 Å². The second-order valence-corrected chi connectivity index (χ2v) is 13.0. The molecule has 2 aromatic rings. The van der Waals surface area contributed by atoms with Gasteiger partial charge in [-0.2, -0.15) is 0 Å². The van der Waals surface area contributed by atoms with E-state index >= 15 is 0 Å². The predicted molar refractivity (Wildman–Crippen MR) is 151 cm³/mol. The van der Waals surface area contributed by atoms with E-state index in [1.165, 1.54) is 43.2 Å². The highest BCUT2D eigenvalue weighted by atomic mass is 33.1. The molecule has 0 N–H and O–H groups in total. The first kappa shape index (κ1) is 29.3. The minimum absolute atomic E-state index is 0.0752. The van der Waals surface area contributed by atoms with E-state index in [2.05, 4.69) is 93.5 Å². The van der Waals surface area contributed by atoms with Crippen molar-refractivity contribution >= 4 is 21.6 Å². The fourth-order valence-electron chi connectivity index (χ4n) is 3.84. The molecule has 0 unspecified atom stereocenters. The van der Waals surface area contributed by atoms with Crippen molar-refractivity contribution < 1.29 is 9.47 Å². The molecule has 0 fully saturated rings. The van der Waals surface area contributed by atoms with Gasteiger partial charge in [0.05, 0.1) is 13.2 Å². The van der Waals surface area contributed by atoms with Crippen molar-refractivity contribution in [1.29, 1.82) is 0 Å². The highest BCUT2D eigenvalue weighted by molar-refractivity contribution is 8.76. The summed E-state index contributed by atoms with van der Waals surface area (Å²) in [6, 6.07) is 9.54. The normalized spacial score (nSPS) is 12.4. The van der Waals surface area contributed by atoms with Gasteiger partial charge in [0.15, 0.2) is 0 Å². The topological polar surface area (TPSA) is 18.5 Å². The number of hydrogen-bond acceptors (Lipinski definition) is 4. The van der Waals surface area contributed by atoms with E-state index in [4.69, 9.17) is 9.47 Å². The molecule has 2 rings (SSSR count). The summed E-state index contributed by atoms with van der Waals surface area (Å²) >= 11 is 0. The van der Waals surface area contributed by atoms with Crippen molar-refractivity contribution in [3.05, 3.63) is 57.6 Å². The summed E-state index contributed by atoms with van der Waals surface area (Å²) in [4.78, 5) is 2.72. The van der Waals surface area contributed by atoms with Gasteiger partial charge in [0.2, 0.25) is 0 Å². The van der Waals surface area contributed by atoms with Crippen LogP contribution < -0.4 is 0 Å². The van der Waals surface area contributed by atoms with Gasteiger partial charge in [-0.15, -0.1) is 0 Å². The van der Waals surface area contributed by atoms with E-state index in [0.717, 1.165) is 12.8 Å². The molecule has 0 saturated heterocycles. The molecule has 0 radical (unpaired) electrons. The smallest absolute Gasteiger partial charge is 0.0728 e. The van der Waals surface area contributed by atoms with Crippen LogP contribution >= 0.6 is 21.6 Å². The number of aryl methyl sites for hydroxylation is 2. The zero-order valence-electron chi connectivity index (χ0n) is 23.2. The molecule has 0 atom stereocenters. The monoisotopic (exact) mass is 502 g/mol. The Kier molecular flexibility index (Phi) is 11.1. The minimum Gasteiger partial charge on any atom is -0.377 e. The summed E-state index contributed by atoms with van der Waals surface area (Å²) in [5, 5.41) is 0. The van der Waals surface area contributed by atoms with Crippen molar-refractivity contribution in [2.45, 2.75) is 116 Å². The number of hydrogen-bond donors (Lipinski definition) is 0. The molecule has 190 valence electrons. The van der Waals surface area contributed by atoms with Gasteiger partial charge >= 0.3 is 0 Å². The quantitative estimate of drug-likeness (QED) is 0.285. The third-order valence-electron chi connectivity index (χ3n) is 6.11. The van der Waals surface area contributed by atoms with E-state index < -0.39 is 0 Å². The molecular formula is C30H46O2S2. The Hall–Kier alpha value is -0.940. The number of rotatable bonds is 11. The third kappa shape index (κ3) is 7.78. The van der Waals surface area contributed by atoms with Crippen molar-refractivity contribution in [3.8, 4) is 0 Å². The molecule has 0 bridgehead atoms. The molecule has 2 nitrogen and oxygen atoms in total. The van der Waals surface area contributed by atoms with Crippen LogP contribution in [0.3, 0.4) is 0 Å². The fraction of sp³-hybridized carbons (Fsp3) is 0.600. The first-order valence-electron chi connectivity index (χ1n) is 12.8. The molecule has 0 aromatic heterocycles. The van der Waals surface area contributed by atoms with Gasteiger partial charge in [-0.25, -0.2) is 0 Å². The molecule has 0 aliphatic rings. The summed E-state index contributed by atoms with van der Waals surface area (Å²) in [6.07, 6.45) is 2.08. The molecular weight excluding hydrogens is 456 g/mol. The van der Waals surface area contributed by atoms with Crippen LogP contribution in [0.15, 0.2) is 34.1 Å². The van der Waals surface area contributed by atoms with Crippen molar-refractivity contribution in [3.63, 3.8) is 0 Å². The van der Waals surface area contributed by atoms with E-state index in [9.17, 15) is 0 Å². The molecule has 0 amide bonds. The fourth-order valence-corrected chi connectivity index (χ4v) is 6.86. The Morgan fingerprint density at radius 2 is 0.882 bits per heavy atom. The Balaban J connectivity index is 2.55. The first-order valence-corrected chi connectivity index (χ1v) is 14.9. The predicted octanol–water partition coefficient (Wildman–Crippen LogP) is 9.28. The summed E-state index contributed by atoms with van der Waals surface area (Å²) in [5.74, 6) is 0. The second kappa shape index (κ2) is 12.9. The summed E-state index contributed by atoms with van der Waals surface area (Å²) in [5.41, 5.74) is 8.43. The highest BCUT2D eigenvalue weighted by Crippen LogP contribution is 2.46. The molecule has 0 aliphatic heterocycles. The molecule has 4 heteroatoms. The Morgan fingerprint density at radius 3 is 1.18 bits per heavy atom. The van der Waals surface area contributed by atoms with E-state index in [1.54, 1.807) is 0 Å². The van der Waals surface area contributed by atoms with Crippen molar-refractivity contribution in [2.75, 3.05) is 13.2 Å². The van der Waals surface area contributed by atoms with Gasteiger partial charge in [-0.1, -0.05) is 101 Å². The Labute approximate surface area is 217 Å².